The maximum Gasteiger partial charge on any atom is 0.415 e. The quantitative estimate of drug-likeness (QED) is 0.723. The maximum absolute atomic E-state index is 12.6. The third-order valence-electron chi connectivity index (χ3n) is 4.81. The Morgan fingerprint density at radius 3 is 2.69 bits per heavy atom. The summed E-state index contributed by atoms with van der Waals surface area (Å²) in [6.07, 6.45) is 1.19. The summed E-state index contributed by atoms with van der Waals surface area (Å²) in [5.74, 6) is 1.92. The lowest BCUT2D eigenvalue weighted by Gasteiger charge is -2.25. The highest BCUT2D eigenvalue weighted by Crippen LogP contribution is 2.37. The largest absolute Gasteiger partial charge is 0.454 e. The van der Waals surface area contributed by atoms with E-state index < -0.39 is 6.09 Å². The molecular weight excluding hydrogens is 378 g/mol. The zero-order valence-electron chi connectivity index (χ0n) is 15.4. The van der Waals surface area contributed by atoms with Crippen molar-refractivity contribution in [1.82, 2.24) is 4.90 Å². The van der Waals surface area contributed by atoms with Crippen molar-refractivity contribution in [1.29, 1.82) is 0 Å². The number of benzene rings is 2. The summed E-state index contributed by atoms with van der Waals surface area (Å²) in [6.45, 7) is 2.14. The fourth-order valence-electron chi connectivity index (χ4n) is 3.30. The number of ketones is 1. The summed E-state index contributed by atoms with van der Waals surface area (Å²) in [6, 6.07) is 10.1. The van der Waals surface area contributed by atoms with E-state index in [0.29, 0.717) is 54.9 Å². The zero-order chi connectivity index (χ0) is 19.8. The average Bonchev–Trinajstić information content (AvgIpc) is 3.33. The molecule has 148 valence electrons. The zero-order valence-corrected chi connectivity index (χ0v) is 15.4. The van der Waals surface area contributed by atoms with E-state index >= 15 is 0 Å². The molecule has 1 saturated heterocycles. The van der Waals surface area contributed by atoms with E-state index in [4.69, 9.17) is 23.7 Å². The van der Waals surface area contributed by atoms with Gasteiger partial charge in [-0.25, -0.2) is 4.79 Å². The van der Waals surface area contributed by atoms with Gasteiger partial charge in [0.15, 0.2) is 17.3 Å². The lowest BCUT2D eigenvalue weighted by atomic mass is 10.1. The minimum absolute atomic E-state index is 0.183. The molecule has 0 N–H and O–H groups in total. The van der Waals surface area contributed by atoms with Crippen LogP contribution in [-0.4, -0.2) is 49.9 Å². The number of carbonyl (C=O) groups excluding carboxylic acids is 2. The Bertz CT molecular complexity index is 1020. The molecule has 29 heavy (non-hydrogen) atoms. The van der Waals surface area contributed by atoms with Crippen LogP contribution in [0.4, 0.5) is 4.79 Å². The molecule has 0 aromatic heterocycles. The van der Waals surface area contributed by atoms with Crippen molar-refractivity contribution < 1.29 is 33.3 Å². The molecule has 5 rings (SSSR count). The van der Waals surface area contributed by atoms with Gasteiger partial charge in [-0.15, -0.1) is 0 Å². The number of hydrogen-bond acceptors (Lipinski definition) is 7. The van der Waals surface area contributed by atoms with E-state index in [1.165, 1.54) is 0 Å². The van der Waals surface area contributed by atoms with E-state index in [2.05, 4.69) is 0 Å². The molecule has 0 aliphatic carbocycles. The number of amides is 1. The fourth-order valence-corrected chi connectivity index (χ4v) is 3.30. The number of rotatable bonds is 2. The molecule has 2 aromatic carbocycles. The van der Waals surface area contributed by atoms with E-state index in [9.17, 15) is 9.59 Å². The van der Waals surface area contributed by atoms with Crippen LogP contribution in [0.15, 0.2) is 42.2 Å². The Hall–Kier alpha value is -3.52. The second kappa shape index (κ2) is 7.14. The van der Waals surface area contributed by atoms with Gasteiger partial charge >= 0.3 is 6.09 Å². The molecule has 0 unspecified atom stereocenters. The SMILES string of the molecule is O=C1/C(=C/c2ccc3c(c2)OCO3)Oc2cc(OC(=O)N3CCOCC3)ccc21. The van der Waals surface area contributed by atoms with Gasteiger partial charge in [0.05, 0.1) is 18.8 Å². The van der Waals surface area contributed by atoms with Gasteiger partial charge in [0.25, 0.3) is 0 Å². The Balaban J connectivity index is 1.33. The third-order valence-corrected chi connectivity index (χ3v) is 4.81. The fraction of sp³-hybridized carbons (Fsp3) is 0.238. The number of nitrogens with zero attached hydrogens (tertiary/aromatic N) is 1. The van der Waals surface area contributed by atoms with Gasteiger partial charge in [0.2, 0.25) is 12.6 Å². The van der Waals surface area contributed by atoms with Crippen LogP contribution in [-0.2, 0) is 4.74 Å². The second-order valence-corrected chi connectivity index (χ2v) is 6.68. The molecule has 0 spiro atoms. The van der Waals surface area contributed by atoms with Gasteiger partial charge in [-0.2, -0.15) is 0 Å². The molecule has 1 amide bonds. The molecule has 3 heterocycles. The van der Waals surface area contributed by atoms with Gasteiger partial charge in [0, 0.05) is 19.2 Å². The minimum Gasteiger partial charge on any atom is -0.454 e. The van der Waals surface area contributed by atoms with Gasteiger partial charge in [-0.3, -0.25) is 4.79 Å². The van der Waals surface area contributed by atoms with E-state index in [-0.39, 0.29) is 18.3 Å². The summed E-state index contributed by atoms with van der Waals surface area (Å²) in [4.78, 5) is 26.5. The van der Waals surface area contributed by atoms with Gasteiger partial charge < -0.3 is 28.6 Å². The maximum atomic E-state index is 12.6. The molecule has 3 aliphatic rings. The van der Waals surface area contributed by atoms with Crippen LogP contribution in [0.3, 0.4) is 0 Å². The van der Waals surface area contributed by atoms with Gasteiger partial charge in [-0.05, 0) is 35.9 Å². The van der Waals surface area contributed by atoms with Crippen LogP contribution in [0.2, 0.25) is 0 Å². The van der Waals surface area contributed by atoms with Crippen molar-refractivity contribution >= 4 is 18.0 Å². The summed E-state index contributed by atoms with van der Waals surface area (Å²) >= 11 is 0. The van der Waals surface area contributed by atoms with Crippen LogP contribution in [0.1, 0.15) is 15.9 Å². The highest BCUT2D eigenvalue weighted by molar-refractivity contribution is 6.14. The standard InChI is InChI=1S/C21H17NO7/c23-20-15-3-2-14(28-21(24)22-5-7-25-8-6-22)11-17(15)29-19(20)10-13-1-4-16-18(9-13)27-12-26-16/h1-4,9-11H,5-8,12H2/b19-10-. The smallest absolute Gasteiger partial charge is 0.415 e. The van der Waals surface area contributed by atoms with Crippen LogP contribution < -0.4 is 18.9 Å². The molecule has 0 radical (unpaired) electrons. The Morgan fingerprint density at radius 1 is 1.00 bits per heavy atom. The minimum atomic E-state index is -0.450. The van der Waals surface area contributed by atoms with Crippen molar-refractivity contribution in [2.75, 3.05) is 33.1 Å². The first-order valence-corrected chi connectivity index (χ1v) is 9.20. The Labute approximate surface area is 166 Å². The molecule has 1 fully saturated rings. The van der Waals surface area contributed by atoms with Crippen molar-refractivity contribution in [2.45, 2.75) is 0 Å². The van der Waals surface area contributed by atoms with Crippen LogP contribution in [0.5, 0.6) is 23.0 Å². The summed E-state index contributed by atoms with van der Waals surface area (Å²) in [7, 11) is 0. The summed E-state index contributed by atoms with van der Waals surface area (Å²) in [5, 5.41) is 0. The Kier molecular flexibility index (Phi) is 4.33. The van der Waals surface area contributed by atoms with Crippen molar-refractivity contribution in [2.24, 2.45) is 0 Å². The first-order valence-electron chi connectivity index (χ1n) is 9.20. The first kappa shape index (κ1) is 17.6. The van der Waals surface area contributed by atoms with Gasteiger partial charge in [0.1, 0.15) is 11.5 Å². The average molecular weight is 395 g/mol. The topological polar surface area (TPSA) is 83.5 Å². The molecule has 0 bridgehead atoms. The summed E-state index contributed by atoms with van der Waals surface area (Å²) in [5.41, 5.74) is 1.17. The van der Waals surface area contributed by atoms with E-state index in [0.717, 1.165) is 5.56 Å². The number of hydrogen-bond donors (Lipinski definition) is 0. The first-order chi connectivity index (χ1) is 14.2. The number of Topliss-reactive ketones (excluding diaryl/α,β-unsaturated/α-hetero) is 1. The van der Waals surface area contributed by atoms with E-state index in [1.54, 1.807) is 41.3 Å². The number of allylic oxidation sites excluding steroid dienone is 1. The highest BCUT2D eigenvalue weighted by Gasteiger charge is 2.29. The lowest BCUT2D eigenvalue weighted by molar-refractivity contribution is 0.0416. The van der Waals surface area contributed by atoms with Crippen molar-refractivity contribution in [3.05, 3.63) is 53.3 Å². The molecule has 2 aromatic rings. The van der Waals surface area contributed by atoms with Crippen molar-refractivity contribution in [3.8, 4) is 23.0 Å². The summed E-state index contributed by atoms with van der Waals surface area (Å²) < 4.78 is 27.0. The second-order valence-electron chi connectivity index (χ2n) is 6.68. The van der Waals surface area contributed by atoms with Crippen LogP contribution in [0.25, 0.3) is 6.08 Å². The predicted octanol–water partition coefficient (Wildman–Crippen LogP) is 2.86. The third kappa shape index (κ3) is 3.38. The monoisotopic (exact) mass is 395 g/mol. The lowest BCUT2D eigenvalue weighted by Crippen LogP contribution is -2.42. The highest BCUT2D eigenvalue weighted by atomic mass is 16.7. The molecular formula is C21H17NO7. The normalized spacial score (nSPS) is 18.6. The predicted molar refractivity (Wildman–Crippen MR) is 100 cm³/mol. The molecule has 3 aliphatic heterocycles. The number of fused-ring (bicyclic) bond motifs is 2. The van der Waals surface area contributed by atoms with Crippen molar-refractivity contribution in [3.63, 3.8) is 0 Å². The van der Waals surface area contributed by atoms with Gasteiger partial charge in [-0.1, -0.05) is 6.07 Å². The Morgan fingerprint density at radius 2 is 1.83 bits per heavy atom. The molecule has 0 atom stereocenters. The molecule has 0 saturated carbocycles. The molecule has 8 heteroatoms. The van der Waals surface area contributed by atoms with Crippen LogP contribution in [0, 0.1) is 0 Å². The van der Waals surface area contributed by atoms with Crippen LogP contribution >= 0.6 is 0 Å². The number of carbonyl (C=O) groups is 2. The number of ether oxygens (including phenoxy) is 5. The molecule has 8 nitrogen and oxygen atoms in total. The number of morpholine rings is 1. The van der Waals surface area contributed by atoms with E-state index in [1.807, 2.05) is 6.07 Å².